The third-order valence-corrected chi connectivity index (χ3v) is 3.35. The summed E-state index contributed by atoms with van der Waals surface area (Å²) in [5.41, 5.74) is 5.74. The molecule has 86 valence electrons. The molecule has 2 aliphatic rings. The van der Waals surface area contributed by atoms with E-state index < -0.39 is 0 Å². The van der Waals surface area contributed by atoms with Gasteiger partial charge in [-0.25, -0.2) is 0 Å². The zero-order chi connectivity index (χ0) is 10.7. The fourth-order valence-corrected chi connectivity index (χ4v) is 2.51. The van der Waals surface area contributed by atoms with Crippen LogP contribution in [0.3, 0.4) is 0 Å². The molecule has 15 heavy (non-hydrogen) atoms. The quantitative estimate of drug-likeness (QED) is 0.714. The Hall–Kier alpha value is -0.610. The first-order chi connectivity index (χ1) is 7.25. The maximum absolute atomic E-state index is 11.4. The Bertz CT molecular complexity index is 226. The predicted molar refractivity (Wildman–Crippen MR) is 59.5 cm³/mol. The molecule has 2 saturated heterocycles. The average molecular weight is 211 g/mol. The lowest BCUT2D eigenvalue weighted by Gasteiger charge is -2.19. The number of nitrogens with zero attached hydrogens (tertiary/aromatic N) is 2. The van der Waals surface area contributed by atoms with Gasteiger partial charge < -0.3 is 15.5 Å². The fourth-order valence-electron chi connectivity index (χ4n) is 2.51. The minimum absolute atomic E-state index is 0.0734. The van der Waals surface area contributed by atoms with E-state index in [1.54, 1.807) is 0 Å². The van der Waals surface area contributed by atoms with E-state index in [9.17, 15) is 4.79 Å². The molecule has 1 amide bonds. The Morgan fingerprint density at radius 3 is 2.60 bits per heavy atom. The lowest BCUT2D eigenvalue weighted by atomic mass is 10.3. The van der Waals surface area contributed by atoms with E-state index in [0.29, 0.717) is 6.42 Å². The third kappa shape index (κ3) is 2.92. The van der Waals surface area contributed by atoms with Crippen molar-refractivity contribution < 1.29 is 4.79 Å². The Morgan fingerprint density at radius 2 is 2.00 bits per heavy atom. The molecule has 4 heteroatoms. The van der Waals surface area contributed by atoms with Crippen molar-refractivity contribution in [1.29, 1.82) is 0 Å². The molecule has 0 spiro atoms. The summed E-state index contributed by atoms with van der Waals surface area (Å²) >= 11 is 0. The lowest BCUT2D eigenvalue weighted by molar-refractivity contribution is -0.127. The van der Waals surface area contributed by atoms with E-state index in [0.717, 1.165) is 26.1 Å². The molecule has 4 nitrogen and oxygen atoms in total. The number of rotatable bonds is 4. The van der Waals surface area contributed by atoms with Gasteiger partial charge in [-0.3, -0.25) is 4.79 Å². The molecule has 2 aliphatic heterocycles. The van der Waals surface area contributed by atoms with Crippen molar-refractivity contribution >= 4 is 5.91 Å². The van der Waals surface area contributed by atoms with Crippen LogP contribution in [0.4, 0.5) is 0 Å². The van der Waals surface area contributed by atoms with Crippen LogP contribution in [-0.4, -0.2) is 54.5 Å². The summed E-state index contributed by atoms with van der Waals surface area (Å²) in [5, 5.41) is 0. The normalized spacial score (nSPS) is 27.9. The third-order valence-electron chi connectivity index (χ3n) is 3.35. The summed E-state index contributed by atoms with van der Waals surface area (Å²) < 4.78 is 0. The molecule has 2 rings (SSSR count). The summed E-state index contributed by atoms with van der Waals surface area (Å²) in [6.45, 7) is 5.28. The second kappa shape index (κ2) is 4.94. The lowest BCUT2D eigenvalue weighted by Crippen LogP contribution is -2.31. The molecule has 1 unspecified atom stereocenters. The first-order valence-corrected chi connectivity index (χ1v) is 6.01. The van der Waals surface area contributed by atoms with Crippen LogP contribution in [0.5, 0.6) is 0 Å². The minimum Gasteiger partial charge on any atom is -0.341 e. The maximum Gasteiger partial charge on any atom is 0.224 e. The van der Waals surface area contributed by atoms with Crippen LogP contribution in [0.25, 0.3) is 0 Å². The van der Waals surface area contributed by atoms with Crippen LogP contribution in [0.2, 0.25) is 0 Å². The highest BCUT2D eigenvalue weighted by Gasteiger charge is 2.26. The summed E-state index contributed by atoms with van der Waals surface area (Å²) in [4.78, 5) is 15.8. The summed E-state index contributed by atoms with van der Waals surface area (Å²) in [5.74, 6) is 0.240. The molecular formula is C11H21N3O. The molecule has 0 aliphatic carbocycles. The number of carbonyl (C=O) groups excluding carboxylic acids is 1. The highest BCUT2D eigenvalue weighted by Crippen LogP contribution is 2.11. The average Bonchev–Trinajstić information content (AvgIpc) is 2.77. The molecule has 0 aromatic heterocycles. The Balaban J connectivity index is 1.63. The van der Waals surface area contributed by atoms with Crippen molar-refractivity contribution in [3.8, 4) is 0 Å². The Morgan fingerprint density at radius 1 is 1.27 bits per heavy atom. The zero-order valence-corrected chi connectivity index (χ0v) is 9.32. The fraction of sp³-hybridized carbons (Fsp3) is 0.909. The first-order valence-electron chi connectivity index (χ1n) is 6.01. The smallest absolute Gasteiger partial charge is 0.224 e. The van der Waals surface area contributed by atoms with Gasteiger partial charge in [-0.1, -0.05) is 0 Å². The minimum atomic E-state index is 0.0734. The van der Waals surface area contributed by atoms with Crippen molar-refractivity contribution in [3.63, 3.8) is 0 Å². The Kier molecular flexibility index (Phi) is 3.59. The number of hydrogen-bond donors (Lipinski definition) is 1. The van der Waals surface area contributed by atoms with Crippen LogP contribution in [-0.2, 0) is 4.79 Å². The first kappa shape index (κ1) is 10.9. The molecule has 2 N–H and O–H groups in total. The van der Waals surface area contributed by atoms with E-state index in [2.05, 4.69) is 4.90 Å². The van der Waals surface area contributed by atoms with Gasteiger partial charge in [-0.05, 0) is 38.9 Å². The molecule has 2 fully saturated rings. The van der Waals surface area contributed by atoms with Crippen molar-refractivity contribution in [3.05, 3.63) is 0 Å². The molecule has 0 saturated carbocycles. The zero-order valence-electron chi connectivity index (χ0n) is 9.32. The van der Waals surface area contributed by atoms with Crippen molar-refractivity contribution in [1.82, 2.24) is 9.80 Å². The molecule has 0 aromatic carbocycles. The molecule has 1 atom stereocenters. The van der Waals surface area contributed by atoms with Crippen molar-refractivity contribution in [2.24, 2.45) is 5.73 Å². The molecule has 0 bridgehead atoms. The van der Waals surface area contributed by atoms with Gasteiger partial charge in [0.15, 0.2) is 0 Å². The number of hydrogen-bond acceptors (Lipinski definition) is 3. The molecule has 0 aromatic rings. The van der Waals surface area contributed by atoms with Gasteiger partial charge in [0.2, 0.25) is 5.91 Å². The second-order valence-corrected chi connectivity index (χ2v) is 4.71. The van der Waals surface area contributed by atoms with Crippen LogP contribution >= 0.6 is 0 Å². The van der Waals surface area contributed by atoms with Gasteiger partial charge in [-0.2, -0.15) is 0 Å². The van der Waals surface area contributed by atoms with Crippen LogP contribution in [0, 0.1) is 0 Å². The van der Waals surface area contributed by atoms with E-state index >= 15 is 0 Å². The molecule has 0 radical (unpaired) electrons. The number of carbonyl (C=O) groups is 1. The van der Waals surface area contributed by atoms with Gasteiger partial charge >= 0.3 is 0 Å². The van der Waals surface area contributed by atoms with Crippen LogP contribution < -0.4 is 5.73 Å². The van der Waals surface area contributed by atoms with Gasteiger partial charge in [0.1, 0.15) is 0 Å². The number of amides is 1. The maximum atomic E-state index is 11.4. The van der Waals surface area contributed by atoms with E-state index in [4.69, 9.17) is 5.73 Å². The van der Waals surface area contributed by atoms with Crippen molar-refractivity contribution in [2.75, 3.05) is 32.7 Å². The highest BCUT2D eigenvalue weighted by atomic mass is 16.2. The largest absolute Gasteiger partial charge is 0.341 e. The Labute approximate surface area is 91.4 Å². The van der Waals surface area contributed by atoms with Gasteiger partial charge in [-0.15, -0.1) is 0 Å². The summed E-state index contributed by atoms with van der Waals surface area (Å²) in [6.07, 6.45) is 4.32. The highest BCUT2D eigenvalue weighted by molar-refractivity contribution is 5.79. The van der Waals surface area contributed by atoms with E-state index in [1.165, 1.54) is 25.9 Å². The van der Waals surface area contributed by atoms with Gasteiger partial charge in [0.05, 0.1) is 0 Å². The van der Waals surface area contributed by atoms with Gasteiger partial charge in [0, 0.05) is 25.6 Å². The van der Waals surface area contributed by atoms with E-state index in [-0.39, 0.29) is 11.9 Å². The number of likely N-dealkylation sites (tertiary alicyclic amines) is 2. The van der Waals surface area contributed by atoms with Crippen molar-refractivity contribution in [2.45, 2.75) is 31.7 Å². The van der Waals surface area contributed by atoms with Crippen LogP contribution in [0.15, 0.2) is 0 Å². The standard InChI is InChI=1S/C11H21N3O/c12-10-8-11(15)14(9-10)7-3-6-13-4-1-2-5-13/h10H,1-9,12H2. The molecule has 2 heterocycles. The number of nitrogens with two attached hydrogens (primary N) is 1. The monoisotopic (exact) mass is 211 g/mol. The summed E-state index contributed by atoms with van der Waals surface area (Å²) in [7, 11) is 0. The summed E-state index contributed by atoms with van der Waals surface area (Å²) in [6, 6.07) is 0.0734. The predicted octanol–water partition coefficient (Wildman–Crippen LogP) is 0.0319. The van der Waals surface area contributed by atoms with Crippen LogP contribution in [0.1, 0.15) is 25.7 Å². The topological polar surface area (TPSA) is 49.6 Å². The van der Waals surface area contributed by atoms with E-state index in [1.807, 2.05) is 4.90 Å². The molecular weight excluding hydrogens is 190 g/mol. The second-order valence-electron chi connectivity index (χ2n) is 4.71. The SMILES string of the molecule is NC1CC(=O)N(CCCN2CCCC2)C1. The van der Waals surface area contributed by atoms with Gasteiger partial charge in [0.25, 0.3) is 0 Å².